The number of amides is 1. The van der Waals surface area contributed by atoms with Crippen molar-refractivity contribution in [1.82, 2.24) is 10.6 Å². The molecule has 0 radical (unpaired) electrons. The summed E-state index contributed by atoms with van der Waals surface area (Å²) in [4.78, 5) is 11.6. The number of carbonyl (C=O) groups excluding carboxylic acids is 1. The molecule has 0 heterocycles. The topological polar surface area (TPSA) is 61.4 Å². The third-order valence-electron chi connectivity index (χ3n) is 5.82. The molecule has 0 aromatic heterocycles. The molecular formula is C24H29F3N2O2. The molecule has 1 aliphatic rings. The summed E-state index contributed by atoms with van der Waals surface area (Å²) in [6.45, 7) is 1.02. The second-order valence-corrected chi connectivity index (χ2v) is 8.10. The maximum Gasteiger partial charge on any atom is 0.251 e. The molecule has 0 spiro atoms. The van der Waals surface area contributed by atoms with Crippen LogP contribution in [0.15, 0.2) is 36.4 Å². The molecule has 0 fully saturated rings. The first-order chi connectivity index (χ1) is 14.9. The standard InChI is InChI=1S/C24H29F3N2O2/c1-2-15-6-7-17-4-3-5-21(20(17)10-15)28-14-23(30)22(29-24(31)13-25)11-16-8-18(26)12-19(27)9-16/h6-10,12,21-23,28,30H,2-5,11,13-14H2,1H3,(H,29,31)/t21-,22?,23+/m0/s1. The van der Waals surface area contributed by atoms with Gasteiger partial charge in [0.2, 0.25) is 0 Å². The third kappa shape index (κ3) is 6.31. The Hall–Kier alpha value is -2.38. The Morgan fingerprint density at radius 3 is 2.58 bits per heavy atom. The maximum atomic E-state index is 13.5. The van der Waals surface area contributed by atoms with Gasteiger partial charge in [0, 0.05) is 18.7 Å². The van der Waals surface area contributed by atoms with Crippen LogP contribution in [0.2, 0.25) is 0 Å². The van der Waals surface area contributed by atoms with Crippen LogP contribution < -0.4 is 10.6 Å². The van der Waals surface area contributed by atoms with Crippen molar-refractivity contribution in [2.24, 2.45) is 0 Å². The third-order valence-corrected chi connectivity index (χ3v) is 5.82. The molecule has 0 saturated heterocycles. The molecule has 31 heavy (non-hydrogen) atoms. The summed E-state index contributed by atoms with van der Waals surface area (Å²) in [6.07, 6.45) is 2.80. The first-order valence-electron chi connectivity index (χ1n) is 10.7. The highest BCUT2D eigenvalue weighted by molar-refractivity contribution is 5.77. The van der Waals surface area contributed by atoms with Gasteiger partial charge in [0.05, 0.1) is 12.1 Å². The number of aryl methyl sites for hydroxylation is 2. The Labute approximate surface area is 180 Å². The second kappa shape index (κ2) is 10.8. The summed E-state index contributed by atoms with van der Waals surface area (Å²) >= 11 is 0. The number of nitrogens with one attached hydrogen (secondary N) is 2. The van der Waals surface area contributed by atoms with Crippen LogP contribution in [0.4, 0.5) is 13.2 Å². The minimum atomic E-state index is -1.23. The highest BCUT2D eigenvalue weighted by Crippen LogP contribution is 2.30. The Morgan fingerprint density at radius 2 is 1.90 bits per heavy atom. The number of hydrogen-bond acceptors (Lipinski definition) is 3. The Kier molecular flexibility index (Phi) is 8.09. The summed E-state index contributed by atoms with van der Waals surface area (Å²) in [5.74, 6) is -2.37. The van der Waals surface area contributed by atoms with E-state index in [0.717, 1.165) is 43.9 Å². The van der Waals surface area contributed by atoms with Gasteiger partial charge in [0.25, 0.3) is 5.91 Å². The number of alkyl halides is 1. The summed E-state index contributed by atoms with van der Waals surface area (Å²) in [5, 5.41) is 16.5. The highest BCUT2D eigenvalue weighted by atomic mass is 19.1. The first kappa shape index (κ1) is 23.3. The summed E-state index contributed by atoms with van der Waals surface area (Å²) in [7, 11) is 0. The molecule has 3 rings (SSSR count). The van der Waals surface area contributed by atoms with E-state index in [4.69, 9.17) is 0 Å². The molecule has 1 unspecified atom stereocenters. The van der Waals surface area contributed by atoms with Crippen molar-refractivity contribution in [3.63, 3.8) is 0 Å². The SMILES string of the molecule is CCc1ccc2c(c1)[C@@H](NC[C@@H](O)C(Cc1cc(F)cc(F)c1)NC(=O)CF)CCC2. The molecule has 3 atom stereocenters. The van der Waals surface area contributed by atoms with Gasteiger partial charge < -0.3 is 15.7 Å². The molecule has 168 valence electrons. The lowest BCUT2D eigenvalue weighted by Gasteiger charge is -2.30. The molecule has 3 N–H and O–H groups in total. The lowest BCUT2D eigenvalue weighted by Crippen LogP contribution is -2.49. The largest absolute Gasteiger partial charge is 0.390 e. The van der Waals surface area contributed by atoms with Gasteiger partial charge in [0.15, 0.2) is 6.67 Å². The van der Waals surface area contributed by atoms with Crippen molar-refractivity contribution in [2.45, 2.75) is 57.2 Å². The number of halogens is 3. The molecule has 4 nitrogen and oxygen atoms in total. The lowest BCUT2D eigenvalue weighted by atomic mass is 9.86. The normalized spacial score (nSPS) is 17.6. The van der Waals surface area contributed by atoms with Gasteiger partial charge in [-0.25, -0.2) is 13.2 Å². The number of carbonyl (C=O) groups is 1. The monoisotopic (exact) mass is 434 g/mol. The van der Waals surface area contributed by atoms with Crippen LogP contribution in [0.3, 0.4) is 0 Å². The summed E-state index contributed by atoms with van der Waals surface area (Å²) in [5.41, 5.74) is 4.02. The van der Waals surface area contributed by atoms with Gasteiger partial charge in [-0.1, -0.05) is 25.1 Å². The number of rotatable bonds is 9. The van der Waals surface area contributed by atoms with Gasteiger partial charge in [-0.15, -0.1) is 0 Å². The smallest absolute Gasteiger partial charge is 0.251 e. The van der Waals surface area contributed by atoms with E-state index in [1.807, 2.05) is 0 Å². The average Bonchev–Trinajstić information content (AvgIpc) is 2.75. The minimum absolute atomic E-state index is 0.0233. The fourth-order valence-corrected chi connectivity index (χ4v) is 4.20. The van der Waals surface area contributed by atoms with Crippen LogP contribution in [-0.4, -0.2) is 36.4 Å². The van der Waals surface area contributed by atoms with Crippen molar-refractivity contribution in [3.8, 4) is 0 Å². The Balaban J connectivity index is 1.70. The molecule has 0 saturated carbocycles. The van der Waals surface area contributed by atoms with Gasteiger partial charge in [-0.2, -0.15) is 0 Å². The zero-order chi connectivity index (χ0) is 22.4. The highest BCUT2D eigenvalue weighted by Gasteiger charge is 2.25. The molecule has 1 aliphatic carbocycles. The number of fused-ring (bicyclic) bond motifs is 1. The zero-order valence-corrected chi connectivity index (χ0v) is 17.6. The van der Waals surface area contributed by atoms with E-state index in [1.54, 1.807) is 0 Å². The van der Waals surface area contributed by atoms with E-state index in [2.05, 4.69) is 35.8 Å². The van der Waals surface area contributed by atoms with Gasteiger partial charge in [-0.3, -0.25) is 4.79 Å². The lowest BCUT2D eigenvalue weighted by molar-refractivity contribution is -0.123. The van der Waals surface area contributed by atoms with E-state index < -0.39 is 36.4 Å². The molecule has 1 amide bonds. The summed E-state index contributed by atoms with van der Waals surface area (Å²) in [6, 6.07) is 8.69. The van der Waals surface area contributed by atoms with Crippen molar-refractivity contribution < 1.29 is 23.1 Å². The van der Waals surface area contributed by atoms with Crippen LogP contribution in [0.25, 0.3) is 0 Å². The second-order valence-electron chi connectivity index (χ2n) is 8.10. The molecular weight excluding hydrogens is 405 g/mol. The van der Waals surface area contributed by atoms with E-state index in [-0.39, 0.29) is 24.6 Å². The number of hydrogen-bond donors (Lipinski definition) is 3. The first-order valence-corrected chi connectivity index (χ1v) is 10.7. The molecule has 2 aromatic carbocycles. The van der Waals surface area contributed by atoms with E-state index in [1.165, 1.54) is 16.7 Å². The van der Waals surface area contributed by atoms with Gasteiger partial charge in [-0.05, 0) is 66.5 Å². The van der Waals surface area contributed by atoms with Crippen LogP contribution in [0, 0.1) is 11.6 Å². The van der Waals surface area contributed by atoms with Crippen LogP contribution >= 0.6 is 0 Å². The van der Waals surface area contributed by atoms with E-state index in [9.17, 15) is 23.1 Å². The van der Waals surface area contributed by atoms with Crippen molar-refractivity contribution >= 4 is 5.91 Å². The average molecular weight is 435 g/mol. The molecule has 2 aromatic rings. The van der Waals surface area contributed by atoms with Crippen molar-refractivity contribution in [1.29, 1.82) is 0 Å². The predicted molar refractivity (Wildman–Crippen MR) is 113 cm³/mol. The molecule has 7 heteroatoms. The molecule has 0 bridgehead atoms. The number of aliphatic hydroxyl groups excluding tert-OH is 1. The quantitative estimate of drug-likeness (QED) is 0.566. The van der Waals surface area contributed by atoms with Crippen LogP contribution in [-0.2, 0) is 24.1 Å². The minimum Gasteiger partial charge on any atom is -0.390 e. The van der Waals surface area contributed by atoms with Crippen molar-refractivity contribution in [2.75, 3.05) is 13.2 Å². The fraction of sp³-hybridized carbons (Fsp3) is 0.458. The number of benzene rings is 2. The van der Waals surface area contributed by atoms with Gasteiger partial charge >= 0.3 is 0 Å². The fourth-order valence-electron chi connectivity index (χ4n) is 4.20. The van der Waals surface area contributed by atoms with Crippen molar-refractivity contribution in [3.05, 3.63) is 70.3 Å². The maximum absolute atomic E-state index is 13.5. The van der Waals surface area contributed by atoms with Gasteiger partial charge in [0.1, 0.15) is 11.6 Å². The van der Waals surface area contributed by atoms with E-state index in [0.29, 0.717) is 0 Å². The summed E-state index contributed by atoms with van der Waals surface area (Å²) < 4.78 is 39.8. The van der Waals surface area contributed by atoms with E-state index >= 15 is 0 Å². The molecule has 0 aliphatic heterocycles. The number of aliphatic hydroxyl groups is 1. The Bertz CT molecular complexity index is 886. The van der Waals surface area contributed by atoms with Crippen LogP contribution in [0.1, 0.15) is 48.1 Å². The Morgan fingerprint density at radius 1 is 1.16 bits per heavy atom. The van der Waals surface area contributed by atoms with Crippen LogP contribution in [0.5, 0.6) is 0 Å². The zero-order valence-electron chi connectivity index (χ0n) is 17.6. The predicted octanol–water partition coefficient (Wildman–Crippen LogP) is 3.55.